The number of carbonyl (C=O) groups excluding carboxylic acids is 2. The van der Waals surface area contributed by atoms with E-state index in [0.29, 0.717) is 0 Å². The largest absolute Gasteiger partial charge is 0.465 e. The van der Waals surface area contributed by atoms with Crippen molar-refractivity contribution in [2.24, 2.45) is 0 Å². The van der Waals surface area contributed by atoms with Gasteiger partial charge >= 0.3 is 11.9 Å². The van der Waals surface area contributed by atoms with E-state index in [1.54, 1.807) is 13.8 Å². The van der Waals surface area contributed by atoms with Gasteiger partial charge in [0.1, 0.15) is 5.82 Å². The molecule has 4 nitrogen and oxygen atoms in total. The van der Waals surface area contributed by atoms with Crippen LogP contribution in [0.3, 0.4) is 0 Å². The molecule has 0 saturated carbocycles. The smallest absolute Gasteiger partial charge is 0.325 e. The molecule has 0 aromatic heterocycles. The molecule has 0 aliphatic heterocycles. The van der Waals surface area contributed by atoms with Gasteiger partial charge < -0.3 is 9.47 Å². The Balaban J connectivity index is 3.19. The molecule has 0 saturated heterocycles. The van der Waals surface area contributed by atoms with Gasteiger partial charge in [0.05, 0.1) is 18.2 Å². The van der Waals surface area contributed by atoms with Gasteiger partial charge in [-0.25, -0.2) is 4.39 Å². The third kappa shape index (κ3) is 3.67. The summed E-state index contributed by atoms with van der Waals surface area (Å²) in [5.41, 5.74) is -0.149. The van der Waals surface area contributed by atoms with Gasteiger partial charge in [0.2, 0.25) is 0 Å². The molecule has 0 aliphatic rings. The Hall–Kier alpha value is -1.62. The van der Waals surface area contributed by atoms with E-state index < -0.39 is 23.7 Å². The van der Waals surface area contributed by atoms with E-state index in [1.807, 2.05) is 0 Å². The second-order valence-corrected chi connectivity index (χ2v) is 3.99. The number of rotatable bonds is 5. The molecule has 1 rings (SSSR count). The fraction of sp³-hybridized carbons (Fsp3) is 0.385. The van der Waals surface area contributed by atoms with Gasteiger partial charge in [-0.3, -0.25) is 9.59 Å². The van der Waals surface area contributed by atoms with Crippen LogP contribution in [0.1, 0.15) is 25.3 Å². The summed E-state index contributed by atoms with van der Waals surface area (Å²) in [6.07, 6.45) is 0. The zero-order valence-corrected chi connectivity index (χ0v) is 11.4. The lowest BCUT2D eigenvalue weighted by Gasteiger charge is -2.15. The minimum Gasteiger partial charge on any atom is -0.465 e. The summed E-state index contributed by atoms with van der Waals surface area (Å²) in [5.74, 6) is -4.00. The SMILES string of the molecule is CCOC(=O)C(C(=O)OCC)c1cccc(Cl)c1F. The zero-order valence-electron chi connectivity index (χ0n) is 10.6. The Morgan fingerprint density at radius 1 is 1.21 bits per heavy atom. The van der Waals surface area contributed by atoms with Gasteiger partial charge in [-0.1, -0.05) is 23.7 Å². The maximum atomic E-state index is 13.9. The van der Waals surface area contributed by atoms with E-state index in [-0.39, 0.29) is 23.8 Å². The lowest BCUT2D eigenvalue weighted by Crippen LogP contribution is -2.27. The number of esters is 2. The Bertz CT molecular complexity index is 458. The Morgan fingerprint density at radius 2 is 1.74 bits per heavy atom. The lowest BCUT2D eigenvalue weighted by molar-refractivity contribution is -0.157. The van der Waals surface area contributed by atoms with Gasteiger partial charge in [0, 0.05) is 5.56 Å². The Labute approximate surface area is 115 Å². The van der Waals surface area contributed by atoms with Gasteiger partial charge in [-0.15, -0.1) is 0 Å². The summed E-state index contributed by atoms with van der Waals surface area (Å²) in [5, 5.41) is -0.170. The average Bonchev–Trinajstić information content (AvgIpc) is 2.35. The molecule has 19 heavy (non-hydrogen) atoms. The highest BCUT2D eigenvalue weighted by atomic mass is 35.5. The number of carbonyl (C=O) groups is 2. The number of hydrogen-bond acceptors (Lipinski definition) is 4. The molecule has 0 bridgehead atoms. The summed E-state index contributed by atoms with van der Waals surface area (Å²) in [6, 6.07) is 4.08. The standard InChI is InChI=1S/C13H14ClFO4/c1-3-18-12(16)10(13(17)19-4-2)8-6-5-7-9(14)11(8)15/h5-7,10H,3-4H2,1-2H3. The van der Waals surface area contributed by atoms with Crippen molar-refractivity contribution in [2.45, 2.75) is 19.8 Å². The van der Waals surface area contributed by atoms with E-state index in [9.17, 15) is 14.0 Å². The van der Waals surface area contributed by atoms with Gasteiger partial charge in [-0.2, -0.15) is 0 Å². The summed E-state index contributed by atoms with van der Waals surface area (Å²) in [6.45, 7) is 3.34. The minimum absolute atomic E-state index is 0.0803. The van der Waals surface area contributed by atoms with Crippen LogP contribution in [0.25, 0.3) is 0 Å². The van der Waals surface area contributed by atoms with E-state index in [0.717, 1.165) is 0 Å². The van der Waals surface area contributed by atoms with Crippen molar-refractivity contribution in [1.29, 1.82) is 0 Å². The molecule has 0 heterocycles. The Morgan fingerprint density at radius 3 is 2.21 bits per heavy atom. The molecule has 0 N–H and O–H groups in total. The second kappa shape index (κ2) is 7.09. The maximum absolute atomic E-state index is 13.9. The number of benzene rings is 1. The van der Waals surface area contributed by atoms with Crippen molar-refractivity contribution in [1.82, 2.24) is 0 Å². The number of ether oxygens (including phenoxy) is 2. The third-order valence-corrected chi connectivity index (χ3v) is 2.63. The fourth-order valence-electron chi connectivity index (χ4n) is 1.54. The van der Waals surface area contributed by atoms with Crippen molar-refractivity contribution in [2.75, 3.05) is 13.2 Å². The van der Waals surface area contributed by atoms with E-state index in [2.05, 4.69) is 0 Å². The van der Waals surface area contributed by atoms with Crippen LogP contribution in [-0.2, 0) is 19.1 Å². The third-order valence-electron chi connectivity index (χ3n) is 2.34. The molecule has 0 radical (unpaired) electrons. The van der Waals surface area contributed by atoms with Crippen LogP contribution in [0.2, 0.25) is 5.02 Å². The van der Waals surface area contributed by atoms with Crippen LogP contribution >= 0.6 is 11.6 Å². The molecule has 0 spiro atoms. The first-order chi connectivity index (χ1) is 9.02. The normalized spacial score (nSPS) is 10.4. The molecule has 104 valence electrons. The van der Waals surface area contributed by atoms with Crippen LogP contribution in [0, 0.1) is 5.82 Å². The highest BCUT2D eigenvalue weighted by molar-refractivity contribution is 6.30. The molecule has 1 aromatic rings. The molecule has 0 amide bonds. The van der Waals surface area contributed by atoms with Crippen LogP contribution in [0.15, 0.2) is 18.2 Å². The first-order valence-corrected chi connectivity index (χ1v) is 6.17. The predicted molar refractivity (Wildman–Crippen MR) is 67.4 cm³/mol. The Kier molecular flexibility index (Phi) is 5.76. The predicted octanol–water partition coefficient (Wildman–Crippen LogP) is 2.69. The van der Waals surface area contributed by atoms with Crippen molar-refractivity contribution in [3.63, 3.8) is 0 Å². The number of halogens is 2. The molecule has 1 aromatic carbocycles. The monoisotopic (exact) mass is 288 g/mol. The highest BCUT2D eigenvalue weighted by Gasteiger charge is 2.34. The molecule has 0 atom stereocenters. The fourth-order valence-corrected chi connectivity index (χ4v) is 1.73. The van der Waals surface area contributed by atoms with Crippen molar-refractivity contribution >= 4 is 23.5 Å². The van der Waals surface area contributed by atoms with E-state index >= 15 is 0 Å². The van der Waals surface area contributed by atoms with Gasteiger partial charge in [0.15, 0.2) is 5.92 Å². The van der Waals surface area contributed by atoms with Crippen LogP contribution < -0.4 is 0 Å². The maximum Gasteiger partial charge on any atom is 0.325 e. The number of hydrogen-bond donors (Lipinski definition) is 0. The molecule has 0 unspecified atom stereocenters. The van der Waals surface area contributed by atoms with Crippen LogP contribution in [0.5, 0.6) is 0 Å². The van der Waals surface area contributed by atoms with Crippen LogP contribution in [-0.4, -0.2) is 25.2 Å². The summed E-state index contributed by atoms with van der Waals surface area (Å²) in [4.78, 5) is 23.6. The van der Waals surface area contributed by atoms with E-state index in [4.69, 9.17) is 21.1 Å². The average molecular weight is 289 g/mol. The van der Waals surface area contributed by atoms with Crippen molar-refractivity contribution < 1.29 is 23.5 Å². The quantitative estimate of drug-likeness (QED) is 0.617. The zero-order chi connectivity index (χ0) is 14.4. The minimum atomic E-state index is -1.46. The summed E-state index contributed by atoms with van der Waals surface area (Å²) >= 11 is 5.64. The molecular formula is C13H14ClFO4. The summed E-state index contributed by atoms with van der Waals surface area (Å²) in [7, 11) is 0. The van der Waals surface area contributed by atoms with Gasteiger partial charge in [-0.05, 0) is 19.9 Å². The highest BCUT2D eigenvalue weighted by Crippen LogP contribution is 2.27. The first kappa shape index (κ1) is 15.4. The second-order valence-electron chi connectivity index (χ2n) is 3.58. The van der Waals surface area contributed by atoms with Crippen LogP contribution in [0.4, 0.5) is 4.39 Å². The molecule has 6 heteroatoms. The first-order valence-electron chi connectivity index (χ1n) is 5.80. The van der Waals surface area contributed by atoms with Crippen molar-refractivity contribution in [3.8, 4) is 0 Å². The molecule has 0 fully saturated rings. The topological polar surface area (TPSA) is 52.6 Å². The molecule has 0 aliphatic carbocycles. The molecular weight excluding hydrogens is 275 g/mol. The lowest BCUT2D eigenvalue weighted by atomic mass is 9.98. The van der Waals surface area contributed by atoms with Gasteiger partial charge in [0.25, 0.3) is 0 Å². The summed E-state index contributed by atoms with van der Waals surface area (Å²) < 4.78 is 23.4. The van der Waals surface area contributed by atoms with E-state index in [1.165, 1.54) is 18.2 Å². The van der Waals surface area contributed by atoms with Crippen molar-refractivity contribution in [3.05, 3.63) is 34.6 Å².